The lowest BCUT2D eigenvalue weighted by Gasteiger charge is -2.33. The van der Waals surface area contributed by atoms with Gasteiger partial charge in [0.05, 0.1) is 5.41 Å². The third-order valence-corrected chi connectivity index (χ3v) is 5.02. The van der Waals surface area contributed by atoms with Gasteiger partial charge >= 0.3 is 0 Å². The summed E-state index contributed by atoms with van der Waals surface area (Å²) < 4.78 is 0. The maximum absolute atomic E-state index is 13.1. The van der Waals surface area contributed by atoms with Crippen LogP contribution in [0.2, 0.25) is 0 Å². The van der Waals surface area contributed by atoms with Crippen LogP contribution >= 0.6 is 0 Å². The monoisotopic (exact) mass is 292 g/mol. The first-order chi connectivity index (χ1) is 10.6. The topological polar surface area (TPSA) is 17.1 Å². The summed E-state index contributed by atoms with van der Waals surface area (Å²) in [5.41, 5.74) is 4.35. The highest BCUT2D eigenvalue weighted by Gasteiger charge is 2.41. The predicted molar refractivity (Wildman–Crippen MR) is 91.2 cm³/mol. The summed E-state index contributed by atoms with van der Waals surface area (Å²) in [6.45, 7) is 4.19. The second-order valence-corrected chi connectivity index (χ2v) is 6.62. The molecule has 0 N–H and O–H groups in total. The third kappa shape index (κ3) is 2.61. The van der Waals surface area contributed by atoms with Crippen LogP contribution in [0, 0.1) is 13.8 Å². The molecule has 1 aliphatic carbocycles. The van der Waals surface area contributed by atoms with Crippen LogP contribution in [0.25, 0.3) is 0 Å². The molecule has 3 rings (SSSR count). The summed E-state index contributed by atoms with van der Waals surface area (Å²) in [5.74, 6) is 0.387. The van der Waals surface area contributed by atoms with Gasteiger partial charge in [-0.3, -0.25) is 4.79 Å². The molecule has 0 radical (unpaired) electrons. The minimum Gasteiger partial charge on any atom is -0.298 e. The molecular formula is C21H24O. The van der Waals surface area contributed by atoms with Crippen LogP contribution in [0.1, 0.15) is 54.4 Å². The van der Waals surface area contributed by atoms with Crippen molar-refractivity contribution >= 4 is 5.78 Å². The summed E-state index contributed by atoms with van der Waals surface area (Å²) in [7, 11) is 0. The Balaban J connectivity index is 2.18. The molecule has 0 unspecified atom stereocenters. The molecule has 0 aliphatic heterocycles. The van der Waals surface area contributed by atoms with E-state index < -0.39 is 5.41 Å². The van der Waals surface area contributed by atoms with Crippen molar-refractivity contribution < 1.29 is 4.79 Å². The summed E-state index contributed by atoms with van der Waals surface area (Å²) in [4.78, 5) is 13.1. The maximum Gasteiger partial charge on any atom is 0.147 e. The molecule has 0 atom stereocenters. The number of hydrogen-bond acceptors (Lipinski definition) is 1. The molecule has 2 aromatic rings. The number of aryl methyl sites for hydroxylation is 2. The second-order valence-electron chi connectivity index (χ2n) is 6.62. The molecule has 2 aromatic carbocycles. The standard InChI is InChI=1S/C21H24O/c1-16-7-11-18(12-8-16)21(15-5-3-4-6-20(21)22)19-13-9-17(2)10-14-19/h7-14H,3-6,15H2,1-2H3. The van der Waals surface area contributed by atoms with Gasteiger partial charge in [0.25, 0.3) is 0 Å². The predicted octanol–water partition coefficient (Wildman–Crippen LogP) is 5.12. The third-order valence-electron chi connectivity index (χ3n) is 5.02. The van der Waals surface area contributed by atoms with Crippen LogP contribution < -0.4 is 0 Å². The first-order valence-corrected chi connectivity index (χ1v) is 8.30. The van der Waals surface area contributed by atoms with Gasteiger partial charge < -0.3 is 0 Å². The Morgan fingerprint density at radius 1 is 0.727 bits per heavy atom. The van der Waals surface area contributed by atoms with E-state index >= 15 is 0 Å². The van der Waals surface area contributed by atoms with Crippen molar-refractivity contribution in [3.05, 3.63) is 70.8 Å². The fourth-order valence-corrected chi connectivity index (χ4v) is 3.66. The minimum absolute atomic E-state index is 0.387. The Labute approximate surface area is 133 Å². The van der Waals surface area contributed by atoms with Gasteiger partial charge in [-0.05, 0) is 37.8 Å². The lowest BCUT2D eigenvalue weighted by molar-refractivity contribution is -0.123. The molecule has 0 saturated heterocycles. The average Bonchev–Trinajstić information content (AvgIpc) is 2.72. The van der Waals surface area contributed by atoms with Crippen LogP contribution in [-0.4, -0.2) is 5.78 Å². The summed E-state index contributed by atoms with van der Waals surface area (Å²) >= 11 is 0. The molecule has 0 bridgehead atoms. The van der Waals surface area contributed by atoms with Crippen LogP contribution in [0.4, 0.5) is 0 Å². The summed E-state index contributed by atoms with van der Waals surface area (Å²) in [6.07, 6.45) is 4.93. The minimum atomic E-state index is -0.447. The fraction of sp³-hybridized carbons (Fsp3) is 0.381. The van der Waals surface area contributed by atoms with E-state index in [-0.39, 0.29) is 0 Å². The molecule has 22 heavy (non-hydrogen) atoms. The highest BCUT2D eigenvalue weighted by Crippen LogP contribution is 2.41. The number of benzene rings is 2. The van der Waals surface area contributed by atoms with E-state index in [1.165, 1.54) is 11.1 Å². The molecule has 1 fully saturated rings. The van der Waals surface area contributed by atoms with Gasteiger partial charge in [-0.15, -0.1) is 0 Å². The molecule has 1 nitrogen and oxygen atoms in total. The van der Waals surface area contributed by atoms with Crippen molar-refractivity contribution in [1.29, 1.82) is 0 Å². The first-order valence-electron chi connectivity index (χ1n) is 8.30. The van der Waals surface area contributed by atoms with Crippen molar-refractivity contribution in [3.8, 4) is 0 Å². The molecule has 0 amide bonds. The molecule has 0 spiro atoms. The maximum atomic E-state index is 13.1. The Bertz CT molecular complexity index is 604. The molecule has 0 heterocycles. The highest BCUT2D eigenvalue weighted by atomic mass is 16.1. The van der Waals surface area contributed by atoms with Gasteiger partial charge in [0.2, 0.25) is 0 Å². The number of carbonyl (C=O) groups excluding carboxylic acids is 1. The van der Waals surface area contributed by atoms with Crippen LogP contribution in [-0.2, 0) is 10.2 Å². The van der Waals surface area contributed by atoms with Gasteiger partial charge in [-0.1, -0.05) is 72.5 Å². The van der Waals surface area contributed by atoms with E-state index in [4.69, 9.17) is 0 Å². The van der Waals surface area contributed by atoms with Gasteiger partial charge in [-0.2, -0.15) is 0 Å². The number of Topliss-reactive ketones (excluding diaryl/α,β-unsaturated/α-hetero) is 1. The zero-order valence-electron chi connectivity index (χ0n) is 13.6. The smallest absolute Gasteiger partial charge is 0.147 e. The van der Waals surface area contributed by atoms with Crippen molar-refractivity contribution in [1.82, 2.24) is 0 Å². The van der Waals surface area contributed by atoms with Gasteiger partial charge in [0, 0.05) is 6.42 Å². The van der Waals surface area contributed by atoms with Gasteiger partial charge in [0.1, 0.15) is 5.78 Å². The largest absolute Gasteiger partial charge is 0.298 e. The van der Waals surface area contributed by atoms with Crippen molar-refractivity contribution in [2.45, 2.75) is 51.4 Å². The average molecular weight is 292 g/mol. The number of ketones is 1. The second kappa shape index (κ2) is 6.08. The Morgan fingerprint density at radius 3 is 1.73 bits per heavy atom. The van der Waals surface area contributed by atoms with E-state index in [2.05, 4.69) is 62.4 Å². The zero-order chi connectivity index (χ0) is 15.6. The van der Waals surface area contributed by atoms with E-state index in [1.54, 1.807) is 0 Å². The van der Waals surface area contributed by atoms with E-state index in [0.717, 1.165) is 36.8 Å². The van der Waals surface area contributed by atoms with Gasteiger partial charge in [0.15, 0.2) is 0 Å². The molecule has 1 heteroatoms. The van der Waals surface area contributed by atoms with Gasteiger partial charge in [-0.25, -0.2) is 0 Å². The van der Waals surface area contributed by atoms with E-state index in [9.17, 15) is 4.79 Å². The van der Waals surface area contributed by atoms with E-state index in [0.29, 0.717) is 12.2 Å². The number of carbonyl (C=O) groups is 1. The number of hydrogen-bond donors (Lipinski definition) is 0. The molecule has 1 saturated carbocycles. The molecule has 1 aliphatic rings. The highest BCUT2D eigenvalue weighted by molar-refractivity contribution is 5.94. The van der Waals surface area contributed by atoms with Crippen LogP contribution in [0.5, 0.6) is 0 Å². The summed E-state index contributed by atoms with van der Waals surface area (Å²) in [5, 5.41) is 0. The SMILES string of the molecule is Cc1ccc(C2(c3ccc(C)cc3)CCCCCC2=O)cc1. The fourth-order valence-electron chi connectivity index (χ4n) is 3.66. The van der Waals surface area contributed by atoms with Crippen molar-refractivity contribution in [3.63, 3.8) is 0 Å². The van der Waals surface area contributed by atoms with Crippen LogP contribution in [0.15, 0.2) is 48.5 Å². The molecular weight excluding hydrogens is 268 g/mol. The number of rotatable bonds is 2. The Kier molecular flexibility index (Phi) is 4.15. The zero-order valence-corrected chi connectivity index (χ0v) is 13.6. The van der Waals surface area contributed by atoms with Crippen molar-refractivity contribution in [2.24, 2.45) is 0 Å². The first kappa shape index (κ1) is 15.0. The Hall–Kier alpha value is -1.89. The molecule has 114 valence electrons. The van der Waals surface area contributed by atoms with Crippen molar-refractivity contribution in [2.75, 3.05) is 0 Å². The lowest BCUT2D eigenvalue weighted by atomic mass is 9.68. The van der Waals surface area contributed by atoms with E-state index in [1.807, 2.05) is 0 Å². The molecule has 0 aromatic heterocycles. The normalized spacial score (nSPS) is 18.0. The van der Waals surface area contributed by atoms with Crippen LogP contribution in [0.3, 0.4) is 0 Å². The Morgan fingerprint density at radius 2 is 1.23 bits per heavy atom. The summed E-state index contributed by atoms with van der Waals surface area (Å²) in [6, 6.07) is 17.1. The quantitative estimate of drug-likeness (QED) is 0.702. The lowest BCUT2D eigenvalue weighted by Crippen LogP contribution is -2.36.